The van der Waals surface area contributed by atoms with Gasteiger partial charge in [0, 0.05) is 9.50 Å². The van der Waals surface area contributed by atoms with Gasteiger partial charge in [-0.05, 0) is 34.1 Å². The smallest absolute Gasteiger partial charge is 0.322 e. The summed E-state index contributed by atoms with van der Waals surface area (Å²) in [6.07, 6.45) is 0. The third-order valence-corrected chi connectivity index (χ3v) is 3.03. The minimum absolute atomic E-state index is 0.142. The summed E-state index contributed by atoms with van der Waals surface area (Å²) in [7, 11) is 1.45. The van der Waals surface area contributed by atoms with Gasteiger partial charge in [0.25, 0.3) is 0 Å². The lowest BCUT2D eigenvalue weighted by atomic mass is 10.3. The van der Waals surface area contributed by atoms with Gasteiger partial charge in [0.05, 0.1) is 12.8 Å². The molecule has 0 saturated carbocycles. The molecule has 0 saturated heterocycles. The van der Waals surface area contributed by atoms with Crippen LogP contribution >= 0.6 is 27.5 Å². The van der Waals surface area contributed by atoms with Crippen molar-refractivity contribution in [1.29, 1.82) is 0 Å². The van der Waals surface area contributed by atoms with E-state index in [-0.39, 0.29) is 17.9 Å². The summed E-state index contributed by atoms with van der Waals surface area (Å²) in [6.45, 7) is 0. The number of benzene rings is 1. The first-order valence-electron chi connectivity index (χ1n) is 5.11. The van der Waals surface area contributed by atoms with E-state index < -0.39 is 0 Å². The van der Waals surface area contributed by atoms with Crippen LogP contribution in [0.25, 0.3) is 0 Å². The summed E-state index contributed by atoms with van der Waals surface area (Å²) in [5.74, 6) is 5.74. The second kappa shape index (κ2) is 6.00. The van der Waals surface area contributed by atoms with Crippen molar-refractivity contribution in [2.45, 2.75) is 0 Å². The van der Waals surface area contributed by atoms with E-state index in [2.05, 4.69) is 41.6 Å². The average Bonchev–Trinajstić information content (AvgIpc) is 2.42. The number of hydrogen-bond donors (Lipinski definition) is 3. The molecule has 1 aromatic heterocycles. The molecule has 0 fully saturated rings. The fraction of sp³-hybridized carbons (Fsp3) is 0.100. The molecule has 2 aromatic rings. The Labute approximate surface area is 122 Å². The number of hydrogen-bond acceptors (Lipinski definition) is 7. The Balaban J connectivity index is 2.34. The van der Waals surface area contributed by atoms with Crippen LogP contribution in [-0.4, -0.2) is 22.1 Å². The van der Waals surface area contributed by atoms with Gasteiger partial charge < -0.3 is 10.1 Å². The van der Waals surface area contributed by atoms with Gasteiger partial charge >= 0.3 is 6.01 Å². The number of nitrogens with zero attached hydrogens (tertiary/aromatic N) is 3. The van der Waals surface area contributed by atoms with E-state index in [0.29, 0.717) is 10.7 Å². The van der Waals surface area contributed by atoms with Crippen LogP contribution < -0.4 is 21.3 Å². The summed E-state index contributed by atoms with van der Waals surface area (Å²) in [6, 6.07) is 5.45. The van der Waals surface area contributed by atoms with Crippen LogP contribution in [0.4, 0.5) is 17.6 Å². The molecule has 0 aliphatic heterocycles. The van der Waals surface area contributed by atoms with Crippen molar-refractivity contribution >= 4 is 45.1 Å². The van der Waals surface area contributed by atoms with Crippen LogP contribution in [0.5, 0.6) is 6.01 Å². The summed E-state index contributed by atoms with van der Waals surface area (Å²) in [4.78, 5) is 12.0. The Morgan fingerprint density at radius 3 is 2.68 bits per heavy atom. The number of rotatable bonds is 4. The normalized spacial score (nSPS) is 10.1. The topological polar surface area (TPSA) is 98.0 Å². The fourth-order valence-corrected chi connectivity index (χ4v) is 1.80. The van der Waals surface area contributed by atoms with E-state index >= 15 is 0 Å². The lowest BCUT2D eigenvalue weighted by Gasteiger charge is -2.09. The van der Waals surface area contributed by atoms with Crippen LogP contribution in [0, 0.1) is 0 Å². The van der Waals surface area contributed by atoms with Gasteiger partial charge in [0.1, 0.15) is 0 Å². The standard InChI is InChI=1S/C10H10BrClN6O/c1-19-10-16-8(15-9(17-10)18-13)14-7-4-5(12)2-3-6(7)11/h2-4H,13H2,1H3,(H2,14,15,16,17,18). The monoisotopic (exact) mass is 344 g/mol. The first-order valence-corrected chi connectivity index (χ1v) is 6.28. The van der Waals surface area contributed by atoms with Crippen LogP contribution in [0.15, 0.2) is 22.7 Å². The summed E-state index contributed by atoms with van der Waals surface area (Å²) >= 11 is 9.32. The molecule has 100 valence electrons. The highest BCUT2D eigenvalue weighted by atomic mass is 79.9. The molecule has 4 N–H and O–H groups in total. The highest BCUT2D eigenvalue weighted by Gasteiger charge is 2.08. The molecule has 0 spiro atoms. The van der Waals surface area contributed by atoms with Crippen LogP contribution in [0.1, 0.15) is 0 Å². The number of nitrogen functional groups attached to an aromatic ring is 1. The highest BCUT2D eigenvalue weighted by molar-refractivity contribution is 9.10. The van der Waals surface area contributed by atoms with Crippen molar-refractivity contribution in [2.24, 2.45) is 5.84 Å². The molecule has 2 rings (SSSR count). The van der Waals surface area contributed by atoms with Crippen LogP contribution in [0.3, 0.4) is 0 Å². The second-order valence-electron chi connectivity index (χ2n) is 3.36. The molecule has 0 atom stereocenters. The molecule has 1 aromatic carbocycles. The number of anilines is 3. The predicted octanol–water partition coefficient (Wildman–Crippen LogP) is 2.33. The van der Waals surface area contributed by atoms with E-state index in [4.69, 9.17) is 22.2 Å². The zero-order valence-electron chi connectivity index (χ0n) is 9.82. The van der Waals surface area contributed by atoms with Gasteiger partial charge in [-0.25, -0.2) is 5.84 Å². The molecule has 0 aliphatic carbocycles. The van der Waals surface area contributed by atoms with Crippen molar-refractivity contribution in [3.8, 4) is 6.01 Å². The lowest BCUT2D eigenvalue weighted by molar-refractivity contribution is 0.379. The zero-order valence-corrected chi connectivity index (χ0v) is 12.2. The van der Waals surface area contributed by atoms with Gasteiger partial charge in [0.15, 0.2) is 0 Å². The molecule has 0 amide bonds. The van der Waals surface area contributed by atoms with Crippen molar-refractivity contribution in [3.63, 3.8) is 0 Å². The van der Waals surface area contributed by atoms with E-state index in [1.807, 2.05) is 6.07 Å². The van der Waals surface area contributed by atoms with Gasteiger partial charge in [-0.15, -0.1) is 0 Å². The molecule has 0 unspecified atom stereocenters. The molecule has 0 bridgehead atoms. The molecular weight excluding hydrogens is 336 g/mol. The Hall–Kier alpha value is -1.64. The predicted molar refractivity (Wildman–Crippen MR) is 76.6 cm³/mol. The van der Waals surface area contributed by atoms with Crippen molar-refractivity contribution in [3.05, 3.63) is 27.7 Å². The number of nitrogens with one attached hydrogen (secondary N) is 2. The van der Waals surface area contributed by atoms with E-state index in [1.165, 1.54) is 7.11 Å². The maximum Gasteiger partial charge on any atom is 0.322 e. The molecule has 7 nitrogen and oxygen atoms in total. The molecule has 9 heteroatoms. The van der Waals surface area contributed by atoms with E-state index in [9.17, 15) is 0 Å². The number of aromatic nitrogens is 3. The Kier molecular flexibility index (Phi) is 4.35. The number of ether oxygens (including phenoxy) is 1. The maximum atomic E-state index is 5.93. The van der Waals surface area contributed by atoms with Gasteiger partial charge in [-0.1, -0.05) is 11.6 Å². The first kappa shape index (κ1) is 13.8. The van der Waals surface area contributed by atoms with Crippen molar-refractivity contribution in [2.75, 3.05) is 17.9 Å². The number of nitrogens with two attached hydrogens (primary N) is 1. The van der Waals surface area contributed by atoms with Crippen LogP contribution in [0.2, 0.25) is 5.02 Å². The molecule has 19 heavy (non-hydrogen) atoms. The van der Waals surface area contributed by atoms with Gasteiger partial charge in [-0.3, -0.25) is 5.43 Å². The number of methoxy groups -OCH3 is 1. The van der Waals surface area contributed by atoms with E-state index in [1.54, 1.807) is 12.1 Å². The SMILES string of the molecule is COc1nc(NN)nc(Nc2cc(Cl)ccc2Br)n1. The second-order valence-corrected chi connectivity index (χ2v) is 4.65. The molecule has 1 heterocycles. The first-order chi connectivity index (χ1) is 9.12. The van der Waals surface area contributed by atoms with Crippen molar-refractivity contribution in [1.82, 2.24) is 15.0 Å². The molecule has 0 aliphatic rings. The highest BCUT2D eigenvalue weighted by Crippen LogP contribution is 2.28. The molecular formula is C10H10BrClN6O. The largest absolute Gasteiger partial charge is 0.467 e. The summed E-state index contributed by atoms with van der Waals surface area (Å²) in [5.41, 5.74) is 3.05. The lowest BCUT2D eigenvalue weighted by Crippen LogP contribution is -2.13. The zero-order chi connectivity index (χ0) is 13.8. The third kappa shape index (κ3) is 3.43. The minimum Gasteiger partial charge on any atom is -0.467 e. The quantitative estimate of drug-likeness (QED) is 0.578. The van der Waals surface area contributed by atoms with E-state index in [0.717, 1.165) is 4.47 Å². The van der Waals surface area contributed by atoms with Crippen molar-refractivity contribution < 1.29 is 4.74 Å². The third-order valence-electron chi connectivity index (χ3n) is 2.10. The number of hydrazine groups is 1. The van der Waals surface area contributed by atoms with Crippen LogP contribution in [-0.2, 0) is 0 Å². The Morgan fingerprint density at radius 1 is 1.26 bits per heavy atom. The van der Waals surface area contributed by atoms with Gasteiger partial charge in [0.2, 0.25) is 11.9 Å². The van der Waals surface area contributed by atoms with Gasteiger partial charge in [-0.2, -0.15) is 15.0 Å². The minimum atomic E-state index is 0.142. The Morgan fingerprint density at radius 2 is 2.00 bits per heavy atom. The fourth-order valence-electron chi connectivity index (χ4n) is 1.28. The molecule has 0 radical (unpaired) electrons. The summed E-state index contributed by atoms with van der Waals surface area (Å²) in [5, 5.41) is 3.58. The number of halogens is 2. The maximum absolute atomic E-state index is 5.93. The average molecular weight is 346 g/mol. The Bertz CT molecular complexity index is 574. The summed E-state index contributed by atoms with van der Waals surface area (Å²) < 4.78 is 5.77.